The highest BCUT2D eigenvalue weighted by Gasteiger charge is 2.30. The minimum absolute atomic E-state index is 0.00616. The van der Waals surface area contributed by atoms with E-state index >= 15 is 0 Å². The van der Waals surface area contributed by atoms with Crippen LogP contribution in [0, 0.1) is 0 Å². The second-order valence-electron chi connectivity index (χ2n) is 7.81. The Kier molecular flexibility index (Phi) is 7.79. The Labute approximate surface area is 204 Å². The number of amides is 1. The van der Waals surface area contributed by atoms with Crippen molar-refractivity contribution in [3.05, 3.63) is 48.3 Å². The van der Waals surface area contributed by atoms with Crippen LogP contribution in [-0.2, 0) is 20.8 Å². The summed E-state index contributed by atoms with van der Waals surface area (Å²) in [6.45, 7) is 2.64. The monoisotopic (exact) mass is 525 g/mol. The number of nitrogens with one attached hydrogen (secondary N) is 2. The van der Waals surface area contributed by atoms with Crippen molar-refractivity contribution in [2.45, 2.75) is 31.2 Å². The second-order valence-corrected chi connectivity index (χ2v) is 9.77. The van der Waals surface area contributed by atoms with Crippen LogP contribution in [0.1, 0.15) is 19.4 Å². The third-order valence-corrected chi connectivity index (χ3v) is 5.45. The van der Waals surface area contributed by atoms with Crippen LogP contribution < -0.4 is 15.4 Å². The van der Waals surface area contributed by atoms with E-state index in [1.54, 1.807) is 0 Å². The average Bonchev–Trinajstić information content (AvgIpc) is 2.76. The number of aromatic nitrogens is 3. The van der Waals surface area contributed by atoms with Gasteiger partial charge in [0.05, 0.1) is 23.0 Å². The maximum absolute atomic E-state index is 13.0. The number of nitrogens with zero attached hydrogens (tertiary/aromatic N) is 3. The third kappa shape index (κ3) is 7.11. The van der Waals surface area contributed by atoms with E-state index in [2.05, 4.69) is 25.6 Å². The fourth-order valence-electron chi connectivity index (χ4n) is 2.91. The molecule has 0 fully saturated rings. The minimum Gasteiger partial charge on any atom is -0.491 e. The van der Waals surface area contributed by atoms with Gasteiger partial charge in [0.15, 0.2) is 14.9 Å². The van der Waals surface area contributed by atoms with E-state index in [0.29, 0.717) is 6.20 Å². The predicted octanol–water partition coefficient (Wildman–Crippen LogP) is 3.42. The molecule has 0 aliphatic rings. The van der Waals surface area contributed by atoms with Crippen LogP contribution in [0.25, 0.3) is 11.3 Å². The van der Waals surface area contributed by atoms with E-state index in [-0.39, 0.29) is 46.0 Å². The first-order chi connectivity index (χ1) is 16.7. The number of ether oxygens (including phenoxy) is 1. The number of hydrogen-bond acceptors (Lipinski definition) is 9. The summed E-state index contributed by atoms with van der Waals surface area (Å²) in [7, 11) is -3.77. The first kappa shape index (κ1) is 26.8. The molecule has 10 nitrogen and oxygen atoms in total. The lowest BCUT2D eigenvalue weighted by Crippen LogP contribution is -2.14. The van der Waals surface area contributed by atoms with Crippen LogP contribution >= 0.6 is 0 Å². The molecule has 3 aromatic heterocycles. The van der Waals surface area contributed by atoms with Crippen LogP contribution in [0.4, 0.5) is 30.5 Å². The van der Waals surface area contributed by atoms with Gasteiger partial charge in [-0.3, -0.25) is 9.78 Å². The topological polar surface area (TPSA) is 143 Å². The van der Waals surface area contributed by atoms with Gasteiger partial charge in [-0.2, -0.15) is 13.2 Å². The number of aliphatic hydroxyl groups is 1. The number of halogens is 3. The first-order valence-electron chi connectivity index (χ1n) is 10.3. The summed E-state index contributed by atoms with van der Waals surface area (Å²) in [5.74, 6) is -0.198. The molecule has 0 aliphatic carbocycles. The molecule has 1 amide bonds. The summed E-state index contributed by atoms with van der Waals surface area (Å²) in [4.78, 5) is 23.5. The van der Waals surface area contributed by atoms with Crippen LogP contribution in [0.2, 0.25) is 0 Å². The summed E-state index contributed by atoms with van der Waals surface area (Å²) < 4.78 is 68.6. The molecule has 192 valence electrons. The van der Waals surface area contributed by atoms with Crippen molar-refractivity contribution in [3.63, 3.8) is 0 Å². The molecule has 3 rings (SSSR count). The maximum Gasteiger partial charge on any atom is 0.417 e. The maximum atomic E-state index is 13.0. The Morgan fingerprint density at radius 1 is 1.14 bits per heavy atom. The molecule has 0 saturated heterocycles. The minimum atomic E-state index is -4.57. The van der Waals surface area contributed by atoms with Crippen LogP contribution in [0.3, 0.4) is 0 Å². The van der Waals surface area contributed by atoms with Gasteiger partial charge in [-0.1, -0.05) is 0 Å². The van der Waals surface area contributed by atoms with Gasteiger partial charge in [0.2, 0.25) is 5.91 Å². The Balaban J connectivity index is 2.09. The highest BCUT2D eigenvalue weighted by atomic mass is 32.2. The standard InChI is InChI=1S/C22H22F3N5O5S/c1-12(31)11-35-15-6-20(30-21(7-15)36(3,33)34)29-18-8-19(28-13(2)32)27-10-16(18)17-5-4-14(9-26-17)22(23,24)25/h4-10,12,31H,11H2,1-3H3,(H2,27,28,29,30,32). The van der Waals surface area contributed by atoms with Crippen molar-refractivity contribution >= 4 is 33.1 Å². The van der Waals surface area contributed by atoms with Crippen LogP contribution in [0.15, 0.2) is 47.8 Å². The molecule has 3 aromatic rings. The largest absolute Gasteiger partial charge is 0.491 e. The molecule has 0 radical (unpaired) electrons. The predicted molar refractivity (Wildman–Crippen MR) is 125 cm³/mol. The second kappa shape index (κ2) is 10.5. The highest BCUT2D eigenvalue weighted by molar-refractivity contribution is 7.90. The third-order valence-electron chi connectivity index (χ3n) is 4.48. The van der Waals surface area contributed by atoms with E-state index in [1.165, 1.54) is 38.2 Å². The van der Waals surface area contributed by atoms with Gasteiger partial charge in [-0.25, -0.2) is 18.4 Å². The molecule has 1 unspecified atom stereocenters. The summed E-state index contributed by atoms with van der Waals surface area (Å²) >= 11 is 0. The van der Waals surface area contributed by atoms with Gasteiger partial charge in [0, 0.05) is 49.3 Å². The number of alkyl halides is 3. The number of carbonyl (C=O) groups is 1. The molecule has 1 atom stereocenters. The summed E-state index contributed by atoms with van der Waals surface area (Å²) in [5.41, 5.74) is -0.361. The molecule has 0 aliphatic heterocycles. The fourth-order valence-corrected chi connectivity index (χ4v) is 3.50. The van der Waals surface area contributed by atoms with E-state index in [0.717, 1.165) is 18.4 Å². The number of sulfone groups is 1. The van der Waals surface area contributed by atoms with Crippen LogP contribution in [0.5, 0.6) is 5.75 Å². The lowest BCUT2D eigenvalue weighted by Gasteiger charge is -2.15. The first-order valence-corrected chi connectivity index (χ1v) is 12.2. The van der Waals surface area contributed by atoms with Crippen LogP contribution in [-0.4, -0.2) is 53.4 Å². The molecule has 36 heavy (non-hydrogen) atoms. The van der Waals surface area contributed by atoms with E-state index in [9.17, 15) is 31.5 Å². The number of rotatable bonds is 8. The summed E-state index contributed by atoms with van der Waals surface area (Å²) in [5, 5.41) is 14.6. The lowest BCUT2D eigenvalue weighted by atomic mass is 10.1. The number of aliphatic hydroxyl groups excluding tert-OH is 1. The number of anilines is 3. The normalized spacial score (nSPS) is 12.6. The van der Waals surface area contributed by atoms with Gasteiger partial charge in [0.25, 0.3) is 0 Å². The van der Waals surface area contributed by atoms with Gasteiger partial charge in [0.1, 0.15) is 24.0 Å². The van der Waals surface area contributed by atoms with Gasteiger partial charge in [-0.15, -0.1) is 0 Å². The zero-order valence-corrected chi connectivity index (χ0v) is 20.1. The van der Waals surface area contributed by atoms with E-state index in [1.807, 2.05) is 0 Å². The van der Waals surface area contributed by atoms with Crippen molar-refractivity contribution < 1.29 is 36.2 Å². The molecule has 3 N–H and O–H groups in total. The Hall–Kier alpha value is -3.78. The molecular formula is C22H22F3N5O5S. The van der Waals surface area contributed by atoms with Gasteiger partial charge in [-0.05, 0) is 19.1 Å². The summed E-state index contributed by atoms with van der Waals surface area (Å²) in [6, 6.07) is 5.97. The molecule has 0 aromatic carbocycles. The molecule has 14 heteroatoms. The molecule has 0 spiro atoms. The smallest absolute Gasteiger partial charge is 0.417 e. The summed E-state index contributed by atoms with van der Waals surface area (Å²) in [6.07, 6.45) is -2.48. The Morgan fingerprint density at radius 2 is 1.86 bits per heavy atom. The quantitative estimate of drug-likeness (QED) is 0.403. The van der Waals surface area contributed by atoms with Crippen molar-refractivity contribution in [1.29, 1.82) is 0 Å². The number of carbonyl (C=O) groups excluding carboxylic acids is 1. The molecule has 0 saturated carbocycles. The van der Waals surface area contributed by atoms with Crippen molar-refractivity contribution in [1.82, 2.24) is 15.0 Å². The van der Waals surface area contributed by atoms with E-state index in [4.69, 9.17) is 4.74 Å². The molecule has 3 heterocycles. The van der Waals surface area contributed by atoms with Crippen molar-refractivity contribution in [2.24, 2.45) is 0 Å². The van der Waals surface area contributed by atoms with Crippen molar-refractivity contribution in [3.8, 4) is 17.0 Å². The molecular weight excluding hydrogens is 503 g/mol. The lowest BCUT2D eigenvalue weighted by molar-refractivity contribution is -0.137. The zero-order valence-electron chi connectivity index (χ0n) is 19.3. The Morgan fingerprint density at radius 3 is 2.42 bits per heavy atom. The zero-order chi connectivity index (χ0) is 26.7. The Bertz CT molecular complexity index is 1360. The van der Waals surface area contributed by atoms with E-state index < -0.39 is 33.6 Å². The SMILES string of the molecule is CC(=O)Nc1cc(Nc2cc(OCC(C)O)cc(S(C)(=O)=O)n2)c(-c2ccc(C(F)(F)F)cn2)cn1. The van der Waals surface area contributed by atoms with Gasteiger partial charge >= 0.3 is 6.18 Å². The van der Waals surface area contributed by atoms with Gasteiger partial charge < -0.3 is 20.5 Å². The number of hydrogen-bond donors (Lipinski definition) is 3. The van der Waals surface area contributed by atoms with Crippen molar-refractivity contribution in [2.75, 3.05) is 23.5 Å². The fraction of sp³-hybridized carbons (Fsp3) is 0.273. The highest BCUT2D eigenvalue weighted by Crippen LogP contribution is 2.34. The average molecular weight is 526 g/mol. The molecule has 0 bridgehead atoms. The number of pyridine rings is 3.